The molecular formula is C17H20N2O. The third kappa shape index (κ3) is 3.18. The summed E-state index contributed by atoms with van der Waals surface area (Å²) in [6, 6.07) is 13.5. The molecule has 3 heteroatoms. The van der Waals surface area contributed by atoms with Crippen LogP contribution in [0.5, 0.6) is 0 Å². The van der Waals surface area contributed by atoms with E-state index in [0.29, 0.717) is 12.1 Å². The molecule has 2 rings (SSSR count). The molecule has 104 valence electrons. The summed E-state index contributed by atoms with van der Waals surface area (Å²) in [5.74, 6) is 0.0545. The number of carbonyl (C=O) groups is 1. The van der Waals surface area contributed by atoms with Crippen LogP contribution in [0.15, 0.2) is 42.5 Å². The highest BCUT2D eigenvalue weighted by atomic mass is 16.2. The highest BCUT2D eigenvalue weighted by Crippen LogP contribution is 2.18. The minimum absolute atomic E-state index is 0.0545. The molecule has 20 heavy (non-hydrogen) atoms. The number of hydrogen-bond acceptors (Lipinski definition) is 2. The molecule has 0 aliphatic heterocycles. The minimum atomic E-state index is 0.0545. The fourth-order valence-electron chi connectivity index (χ4n) is 2.08. The number of amides is 1. The molecule has 0 aromatic heterocycles. The lowest BCUT2D eigenvalue weighted by molar-refractivity contribution is -0.117. The fourth-order valence-corrected chi connectivity index (χ4v) is 2.08. The summed E-state index contributed by atoms with van der Waals surface area (Å²) in [6.07, 6.45) is 0.395. The van der Waals surface area contributed by atoms with Crippen LogP contribution < -0.4 is 10.6 Å². The maximum absolute atomic E-state index is 12.3. The Balaban J connectivity index is 2.13. The highest BCUT2D eigenvalue weighted by molar-refractivity contribution is 5.94. The molecule has 1 amide bonds. The summed E-state index contributed by atoms with van der Waals surface area (Å²) in [7, 11) is 1.78. The monoisotopic (exact) mass is 268 g/mol. The third-order valence-electron chi connectivity index (χ3n) is 3.56. The first kappa shape index (κ1) is 14.1. The summed E-state index contributed by atoms with van der Waals surface area (Å²) in [5.41, 5.74) is 10.7. The predicted octanol–water partition coefficient (Wildman–Crippen LogP) is 3.09. The lowest BCUT2D eigenvalue weighted by atomic mass is 10.0. The van der Waals surface area contributed by atoms with Crippen molar-refractivity contribution < 1.29 is 4.79 Å². The van der Waals surface area contributed by atoms with Gasteiger partial charge in [0, 0.05) is 18.4 Å². The van der Waals surface area contributed by atoms with Crippen molar-refractivity contribution in [2.75, 3.05) is 17.7 Å². The Morgan fingerprint density at radius 1 is 1.10 bits per heavy atom. The molecule has 0 aliphatic rings. The first-order valence-corrected chi connectivity index (χ1v) is 6.65. The van der Waals surface area contributed by atoms with Crippen molar-refractivity contribution in [1.29, 1.82) is 0 Å². The van der Waals surface area contributed by atoms with Gasteiger partial charge in [-0.1, -0.05) is 24.3 Å². The number of carbonyl (C=O) groups excluding carboxylic acids is 1. The molecule has 3 nitrogen and oxygen atoms in total. The van der Waals surface area contributed by atoms with Crippen molar-refractivity contribution in [3.8, 4) is 0 Å². The van der Waals surface area contributed by atoms with Crippen molar-refractivity contribution in [2.24, 2.45) is 0 Å². The average molecular weight is 268 g/mol. The normalized spacial score (nSPS) is 10.3. The Morgan fingerprint density at radius 3 is 2.50 bits per heavy atom. The van der Waals surface area contributed by atoms with Gasteiger partial charge in [-0.25, -0.2) is 0 Å². The van der Waals surface area contributed by atoms with Gasteiger partial charge in [-0.15, -0.1) is 0 Å². The molecule has 2 N–H and O–H groups in total. The van der Waals surface area contributed by atoms with Gasteiger partial charge in [0.2, 0.25) is 5.91 Å². The van der Waals surface area contributed by atoms with Crippen molar-refractivity contribution in [3.63, 3.8) is 0 Å². The third-order valence-corrected chi connectivity index (χ3v) is 3.56. The number of rotatable bonds is 3. The number of anilines is 2. The number of nitrogen functional groups attached to an aromatic ring is 1. The highest BCUT2D eigenvalue weighted by Gasteiger charge is 2.12. The zero-order chi connectivity index (χ0) is 14.7. The maximum Gasteiger partial charge on any atom is 0.231 e. The predicted molar refractivity (Wildman–Crippen MR) is 83.9 cm³/mol. The van der Waals surface area contributed by atoms with Gasteiger partial charge in [0.25, 0.3) is 0 Å². The second kappa shape index (κ2) is 5.78. The Labute approximate surface area is 120 Å². The van der Waals surface area contributed by atoms with Crippen LogP contribution in [0.3, 0.4) is 0 Å². The summed E-state index contributed by atoms with van der Waals surface area (Å²) in [6.45, 7) is 4.13. The van der Waals surface area contributed by atoms with Gasteiger partial charge in [0.1, 0.15) is 0 Å². The van der Waals surface area contributed by atoms with E-state index in [1.54, 1.807) is 18.0 Å². The molecule has 0 radical (unpaired) electrons. The topological polar surface area (TPSA) is 46.3 Å². The number of likely N-dealkylation sites (N-methyl/N-ethyl adjacent to an activating group) is 1. The van der Waals surface area contributed by atoms with Crippen LogP contribution in [0.2, 0.25) is 0 Å². The van der Waals surface area contributed by atoms with Crippen LogP contribution in [-0.2, 0) is 11.2 Å². The van der Waals surface area contributed by atoms with E-state index in [-0.39, 0.29) is 5.91 Å². The quantitative estimate of drug-likeness (QED) is 0.869. The van der Waals surface area contributed by atoms with Crippen LogP contribution in [0, 0.1) is 13.8 Å². The molecule has 0 bridgehead atoms. The van der Waals surface area contributed by atoms with E-state index < -0.39 is 0 Å². The Hall–Kier alpha value is -2.29. The number of nitrogens with two attached hydrogens (primary N) is 1. The SMILES string of the molecule is Cc1ccc(CC(=O)N(C)c2cccc(N)c2)cc1C. The molecule has 0 saturated carbocycles. The lowest BCUT2D eigenvalue weighted by Crippen LogP contribution is -2.27. The Kier molecular flexibility index (Phi) is 4.08. The van der Waals surface area contributed by atoms with Crippen molar-refractivity contribution in [3.05, 3.63) is 59.2 Å². The number of hydrogen-bond donors (Lipinski definition) is 1. The number of aryl methyl sites for hydroxylation is 2. The minimum Gasteiger partial charge on any atom is -0.399 e. The van der Waals surface area contributed by atoms with Gasteiger partial charge < -0.3 is 10.6 Å². The first-order valence-electron chi connectivity index (χ1n) is 6.65. The van der Waals surface area contributed by atoms with Crippen LogP contribution in [-0.4, -0.2) is 13.0 Å². The first-order chi connectivity index (χ1) is 9.47. The Morgan fingerprint density at radius 2 is 1.85 bits per heavy atom. The van der Waals surface area contributed by atoms with Crippen LogP contribution in [0.25, 0.3) is 0 Å². The summed E-state index contributed by atoms with van der Waals surface area (Å²) >= 11 is 0. The standard InChI is InChI=1S/C17H20N2O/c1-12-7-8-14(9-13(12)2)10-17(20)19(3)16-6-4-5-15(18)11-16/h4-9,11H,10,18H2,1-3H3. The molecule has 0 unspecified atom stereocenters. The van der Waals surface area contributed by atoms with Gasteiger partial charge in [0.05, 0.1) is 6.42 Å². The van der Waals surface area contributed by atoms with Crippen LogP contribution in [0.1, 0.15) is 16.7 Å². The molecule has 0 spiro atoms. The molecule has 0 heterocycles. The van der Waals surface area contributed by atoms with E-state index >= 15 is 0 Å². The van der Waals surface area contributed by atoms with Gasteiger partial charge in [-0.05, 0) is 48.7 Å². The van der Waals surface area contributed by atoms with E-state index in [2.05, 4.69) is 26.0 Å². The van der Waals surface area contributed by atoms with Crippen molar-refractivity contribution >= 4 is 17.3 Å². The second-order valence-electron chi connectivity index (χ2n) is 5.14. The van der Waals surface area contributed by atoms with E-state index in [1.165, 1.54) is 11.1 Å². The molecule has 0 saturated heterocycles. The van der Waals surface area contributed by atoms with Gasteiger partial charge in [-0.3, -0.25) is 4.79 Å². The fraction of sp³-hybridized carbons (Fsp3) is 0.235. The van der Waals surface area contributed by atoms with Gasteiger partial charge >= 0.3 is 0 Å². The smallest absolute Gasteiger partial charge is 0.231 e. The van der Waals surface area contributed by atoms with Crippen molar-refractivity contribution in [1.82, 2.24) is 0 Å². The molecule has 2 aromatic carbocycles. The van der Waals surface area contributed by atoms with E-state index in [0.717, 1.165) is 11.3 Å². The van der Waals surface area contributed by atoms with Gasteiger partial charge in [0.15, 0.2) is 0 Å². The van der Waals surface area contributed by atoms with Crippen LogP contribution in [0.4, 0.5) is 11.4 Å². The molecule has 0 fully saturated rings. The number of benzene rings is 2. The van der Waals surface area contributed by atoms with Crippen molar-refractivity contribution in [2.45, 2.75) is 20.3 Å². The zero-order valence-electron chi connectivity index (χ0n) is 12.2. The summed E-state index contributed by atoms with van der Waals surface area (Å²) in [4.78, 5) is 13.9. The van der Waals surface area contributed by atoms with Crippen LogP contribution >= 0.6 is 0 Å². The van der Waals surface area contributed by atoms with E-state index in [9.17, 15) is 4.79 Å². The maximum atomic E-state index is 12.3. The van der Waals surface area contributed by atoms with E-state index in [4.69, 9.17) is 5.73 Å². The van der Waals surface area contributed by atoms with E-state index in [1.807, 2.05) is 24.3 Å². The summed E-state index contributed by atoms with van der Waals surface area (Å²) in [5, 5.41) is 0. The largest absolute Gasteiger partial charge is 0.399 e. The van der Waals surface area contributed by atoms with Gasteiger partial charge in [-0.2, -0.15) is 0 Å². The molecule has 2 aromatic rings. The lowest BCUT2D eigenvalue weighted by Gasteiger charge is -2.18. The molecule has 0 aliphatic carbocycles. The molecular weight excluding hydrogens is 248 g/mol. The second-order valence-corrected chi connectivity index (χ2v) is 5.14. The number of nitrogens with zero attached hydrogens (tertiary/aromatic N) is 1. The molecule has 0 atom stereocenters. The summed E-state index contributed by atoms with van der Waals surface area (Å²) < 4.78 is 0. The average Bonchev–Trinajstić information content (AvgIpc) is 2.42. The zero-order valence-corrected chi connectivity index (χ0v) is 12.2. The Bertz CT molecular complexity index is 635.